The molecule has 1 aromatic carbocycles. The van der Waals surface area contributed by atoms with Gasteiger partial charge in [-0.15, -0.1) is 0 Å². The first kappa shape index (κ1) is 29.0. The highest BCUT2D eigenvalue weighted by atomic mass is 19.1. The zero-order chi connectivity index (χ0) is 30.2. The largest absolute Gasteiger partial charge is 0.364 e. The molecule has 1 fully saturated rings. The Balaban J connectivity index is 1.33. The quantitative estimate of drug-likeness (QED) is 0.307. The summed E-state index contributed by atoms with van der Waals surface area (Å²) in [7, 11) is 3.50. The van der Waals surface area contributed by atoms with Crippen molar-refractivity contribution in [3.8, 4) is 11.1 Å². The fourth-order valence-electron chi connectivity index (χ4n) is 4.97. The molecule has 4 heterocycles. The van der Waals surface area contributed by atoms with Gasteiger partial charge in [0.25, 0.3) is 11.7 Å². The number of carbonyl (C=O) groups is 2. The first-order valence-electron chi connectivity index (χ1n) is 13.9. The van der Waals surface area contributed by atoms with E-state index >= 15 is 4.39 Å². The lowest BCUT2D eigenvalue weighted by Crippen LogP contribution is -2.52. The third-order valence-corrected chi connectivity index (χ3v) is 7.39. The Kier molecular flexibility index (Phi) is 7.85. The van der Waals surface area contributed by atoms with E-state index in [0.29, 0.717) is 35.0 Å². The number of aromatic amines is 1. The molecule has 0 bridgehead atoms. The van der Waals surface area contributed by atoms with Crippen molar-refractivity contribution < 1.29 is 18.5 Å². The summed E-state index contributed by atoms with van der Waals surface area (Å²) in [5.74, 6) is -0.185. The van der Waals surface area contributed by atoms with Crippen LogP contribution in [0.15, 0.2) is 35.0 Å². The fraction of sp³-hybridized carbons (Fsp3) is 0.448. The standard InChI is InChI=1S/C29H36FN9O3/c1-16-7-10-19(15-39(16)28(41)38(5)6)33-24-22-20(11-12-31-23(22)35-36-24)17-8-9-18(21(30)13-17)14-32-26(40)25-34-27(42-37-25)29(2,3)4/h8-9,11-13,16,19H,7,10,14-15H2,1-6H3,(H,32,40)(H2,31,33,35,36)/t16-,19+/m0/s1. The van der Waals surface area contributed by atoms with Crippen LogP contribution in [0.4, 0.5) is 15.0 Å². The summed E-state index contributed by atoms with van der Waals surface area (Å²) in [6.07, 6.45) is 3.37. The molecule has 0 saturated carbocycles. The van der Waals surface area contributed by atoms with Crippen molar-refractivity contribution in [2.75, 3.05) is 26.0 Å². The van der Waals surface area contributed by atoms with Crippen LogP contribution in [0.3, 0.4) is 0 Å². The molecule has 5 rings (SSSR count). The van der Waals surface area contributed by atoms with E-state index in [1.54, 1.807) is 37.3 Å². The van der Waals surface area contributed by atoms with Gasteiger partial charge in [-0.25, -0.2) is 14.2 Å². The maximum atomic E-state index is 15.3. The predicted molar refractivity (Wildman–Crippen MR) is 155 cm³/mol. The normalized spacial score (nSPS) is 17.4. The molecule has 0 spiro atoms. The Morgan fingerprint density at radius 2 is 2.00 bits per heavy atom. The van der Waals surface area contributed by atoms with E-state index in [4.69, 9.17) is 4.52 Å². The molecule has 12 nitrogen and oxygen atoms in total. The van der Waals surface area contributed by atoms with E-state index in [1.165, 1.54) is 6.07 Å². The van der Waals surface area contributed by atoms with Crippen LogP contribution >= 0.6 is 0 Å². The maximum Gasteiger partial charge on any atom is 0.319 e. The number of urea groups is 1. The van der Waals surface area contributed by atoms with Crippen molar-refractivity contribution in [1.82, 2.24) is 40.4 Å². The summed E-state index contributed by atoms with van der Waals surface area (Å²) in [6, 6.07) is 6.78. The van der Waals surface area contributed by atoms with Crippen molar-refractivity contribution in [2.45, 2.75) is 64.6 Å². The predicted octanol–water partition coefficient (Wildman–Crippen LogP) is 4.32. The number of piperidine rings is 1. The SMILES string of the molecule is C[C@H]1CC[C@@H](Nc2n[nH]c3nccc(-c4ccc(CNC(=O)c5noc(C(C)(C)C)n5)c(F)c4)c23)CN1C(=O)N(C)C. The van der Waals surface area contributed by atoms with E-state index in [9.17, 15) is 9.59 Å². The number of hydrogen-bond donors (Lipinski definition) is 3. The molecule has 1 aliphatic heterocycles. The highest BCUT2D eigenvalue weighted by molar-refractivity contribution is 6.00. The van der Waals surface area contributed by atoms with Crippen LogP contribution < -0.4 is 10.6 Å². The summed E-state index contributed by atoms with van der Waals surface area (Å²) in [6.45, 7) is 8.25. The average molecular weight is 578 g/mol. The second-order valence-electron chi connectivity index (χ2n) is 11.9. The summed E-state index contributed by atoms with van der Waals surface area (Å²) >= 11 is 0. The number of aromatic nitrogens is 5. The minimum absolute atomic E-state index is 0.00827. The van der Waals surface area contributed by atoms with Crippen LogP contribution in [0.5, 0.6) is 0 Å². The summed E-state index contributed by atoms with van der Waals surface area (Å²) in [5, 5.41) is 18.0. The molecule has 1 aliphatic rings. The monoisotopic (exact) mass is 577 g/mol. The van der Waals surface area contributed by atoms with Gasteiger partial charge >= 0.3 is 6.03 Å². The van der Waals surface area contributed by atoms with Gasteiger partial charge in [0.1, 0.15) is 5.82 Å². The Morgan fingerprint density at radius 1 is 1.21 bits per heavy atom. The van der Waals surface area contributed by atoms with Crippen molar-refractivity contribution in [2.24, 2.45) is 0 Å². The van der Waals surface area contributed by atoms with Gasteiger partial charge in [0.15, 0.2) is 11.5 Å². The van der Waals surface area contributed by atoms with E-state index in [-0.39, 0.29) is 30.5 Å². The number of H-pyrrole nitrogens is 1. The highest BCUT2D eigenvalue weighted by Gasteiger charge is 2.31. The summed E-state index contributed by atoms with van der Waals surface area (Å²) in [4.78, 5) is 37.2. The van der Waals surface area contributed by atoms with Crippen LogP contribution in [-0.2, 0) is 12.0 Å². The Morgan fingerprint density at radius 3 is 2.69 bits per heavy atom. The number of halogens is 1. The fourth-order valence-corrected chi connectivity index (χ4v) is 4.97. The second-order valence-corrected chi connectivity index (χ2v) is 11.9. The van der Waals surface area contributed by atoms with Gasteiger partial charge in [-0.3, -0.25) is 9.89 Å². The minimum atomic E-state index is -0.550. The van der Waals surface area contributed by atoms with Crippen LogP contribution in [0.25, 0.3) is 22.2 Å². The number of rotatable bonds is 6. The lowest BCUT2D eigenvalue weighted by molar-refractivity contribution is 0.0937. The molecule has 3 aromatic heterocycles. The van der Waals surface area contributed by atoms with Gasteiger partial charge in [-0.05, 0) is 43.0 Å². The number of pyridine rings is 1. The Bertz CT molecular complexity index is 1610. The molecule has 13 heteroatoms. The number of hydrogen-bond acceptors (Lipinski definition) is 8. The van der Waals surface area contributed by atoms with Crippen molar-refractivity contribution in [3.05, 3.63) is 53.6 Å². The molecule has 42 heavy (non-hydrogen) atoms. The zero-order valence-electron chi connectivity index (χ0n) is 24.7. The third-order valence-electron chi connectivity index (χ3n) is 7.39. The van der Waals surface area contributed by atoms with Crippen molar-refractivity contribution in [3.63, 3.8) is 0 Å². The van der Waals surface area contributed by atoms with Crippen molar-refractivity contribution >= 4 is 28.8 Å². The second kappa shape index (κ2) is 11.4. The number of fused-ring (bicyclic) bond motifs is 1. The van der Waals surface area contributed by atoms with E-state index in [0.717, 1.165) is 23.8 Å². The summed E-state index contributed by atoms with van der Waals surface area (Å²) < 4.78 is 20.4. The van der Waals surface area contributed by atoms with Gasteiger partial charge in [-0.2, -0.15) is 10.1 Å². The van der Waals surface area contributed by atoms with Crippen LogP contribution in [0.2, 0.25) is 0 Å². The Hall–Kier alpha value is -4.55. The first-order valence-corrected chi connectivity index (χ1v) is 13.9. The van der Waals surface area contributed by atoms with Crippen molar-refractivity contribution in [1.29, 1.82) is 0 Å². The third kappa shape index (κ3) is 5.90. The first-order chi connectivity index (χ1) is 19.9. The summed E-state index contributed by atoms with van der Waals surface area (Å²) in [5.41, 5.74) is 1.86. The lowest BCUT2D eigenvalue weighted by atomic mass is 9.97. The highest BCUT2D eigenvalue weighted by Crippen LogP contribution is 2.33. The topological polar surface area (TPSA) is 145 Å². The number of likely N-dealkylation sites (tertiary alicyclic amines) is 1. The van der Waals surface area contributed by atoms with Crippen LogP contribution in [0.1, 0.15) is 62.6 Å². The molecular weight excluding hydrogens is 541 g/mol. The molecule has 1 saturated heterocycles. The zero-order valence-corrected chi connectivity index (χ0v) is 24.7. The molecule has 0 radical (unpaired) electrons. The molecule has 0 aliphatic carbocycles. The lowest BCUT2D eigenvalue weighted by Gasteiger charge is -2.39. The van der Waals surface area contributed by atoms with E-state index in [2.05, 4.69) is 42.9 Å². The van der Waals surface area contributed by atoms with Gasteiger partial charge in [0, 0.05) is 56.4 Å². The molecule has 4 aromatic rings. The molecular formula is C29H36FN9O3. The van der Waals surface area contributed by atoms with Gasteiger partial charge < -0.3 is 25.0 Å². The molecule has 3 amide bonds. The Labute approximate surface area is 243 Å². The van der Waals surface area contributed by atoms with E-state index < -0.39 is 17.1 Å². The van der Waals surface area contributed by atoms with Gasteiger partial charge in [0.05, 0.1) is 5.39 Å². The smallest absolute Gasteiger partial charge is 0.319 e. The van der Waals surface area contributed by atoms with Crippen LogP contribution in [0, 0.1) is 5.82 Å². The minimum Gasteiger partial charge on any atom is -0.364 e. The maximum absolute atomic E-state index is 15.3. The van der Waals surface area contributed by atoms with Gasteiger partial charge in [-0.1, -0.05) is 38.1 Å². The molecule has 0 unspecified atom stereocenters. The number of anilines is 1. The molecule has 2 atom stereocenters. The number of nitrogens with zero attached hydrogens (tertiary/aromatic N) is 6. The number of benzene rings is 1. The number of carbonyl (C=O) groups excluding carboxylic acids is 2. The number of nitrogens with one attached hydrogen (secondary N) is 3. The van der Waals surface area contributed by atoms with Gasteiger partial charge in [0.2, 0.25) is 5.89 Å². The number of amides is 3. The molecule has 222 valence electrons. The van der Waals surface area contributed by atoms with E-state index in [1.807, 2.05) is 31.7 Å². The average Bonchev–Trinajstić information content (AvgIpc) is 3.61. The molecule has 3 N–H and O–H groups in total. The van der Waals surface area contributed by atoms with Crippen LogP contribution in [-0.4, -0.2) is 79.8 Å².